The first-order chi connectivity index (χ1) is 13.1. The molecule has 2 fully saturated rings. The molecule has 0 spiro atoms. The molecule has 1 saturated carbocycles. The molecule has 2 aliphatic rings. The molecule has 0 unspecified atom stereocenters. The fourth-order valence-corrected chi connectivity index (χ4v) is 4.69. The molecule has 5 rings (SSSR count). The molecule has 3 aromatic heterocycles. The third-order valence-corrected chi connectivity index (χ3v) is 6.18. The third kappa shape index (κ3) is 2.73. The maximum atomic E-state index is 12.4. The Kier molecular flexibility index (Phi) is 3.78. The number of halogens is 1. The van der Waals surface area contributed by atoms with E-state index in [-0.39, 0.29) is 16.5 Å². The van der Waals surface area contributed by atoms with Gasteiger partial charge in [-0.15, -0.1) is 14.8 Å². The molecule has 0 aromatic carbocycles. The largest absolute Gasteiger partial charge is 0.452 e. The molecule has 9 nitrogen and oxygen atoms in total. The molecule has 0 radical (unpaired) electrons. The summed E-state index contributed by atoms with van der Waals surface area (Å²) in [5.74, 6) is 1.18. The van der Waals surface area contributed by atoms with Gasteiger partial charge in [0.1, 0.15) is 0 Å². The van der Waals surface area contributed by atoms with Crippen LogP contribution in [0.1, 0.15) is 29.6 Å². The van der Waals surface area contributed by atoms with Crippen LogP contribution < -0.4 is 10.2 Å². The SMILES string of the molecule is O=C(NC[C@]12CCC[C@H]1CN(c1ccc3nnnn3n1)C2)c1ccoc1Cl. The summed E-state index contributed by atoms with van der Waals surface area (Å²) in [4.78, 5) is 14.7. The first kappa shape index (κ1) is 16.5. The highest BCUT2D eigenvalue weighted by Crippen LogP contribution is 2.49. The Morgan fingerprint density at radius 2 is 2.33 bits per heavy atom. The van der Waals surface area contributed by atoms with Gasteiger partial charge >= 0.3 is 0 Å². The van der Waals surface area contributed by atoms with Crippen LogP contribution >= 0.6 is 11.6 Å². The maximum Gasteiger partial charge on any atom is 0.256 e. The Morgan fingerprint density at radius 1 is 1.41 bits per heavy atom. The number of aromatic nitrogens is 5. The van der Waals surface area contributed by atoms with Gasteiger partial charge in [0, 0.05) is 25.0 Å². The number of carbonyl (C=O) groups excluding carboxylic acids is 1. The number of nitrogens with one attached hydrogen (secondary N) is 1. The molecule has 1 saturated heterocycles. The van der Waals surface area contributed by atoms with Crippen LogP contribution in [-0.4, -0.2) is 50.8 Å². The minimum absolute atomic E-state index is 0.0448. The first-order valence-corrected chi connectivity index (χ1v) is 9.34. The molecular weight excluding hydrogens is 370 g/mol. The normalized spacial score (nSPS) is 24.5. The second-order valence-electron chi connectivity index (χ2n) is 7.34. The number of tetrazole rings is 1. The summed E-state index contributed by atoms with van der Waals surface area (Å²) in [6.45, 7) is 2.38. The van der Waals surface area contributed by atoms with Crippen molar-refractivity contribution in [2.24, 2.45) is 11.3 Å². The van der Waals surface area contributed by atoms with Crippen LogP contribution in [0.2, 0.25) is 5.22 Å². The van der Waals surface area contributed by atoms with Gasteiger partial charge < -0.3 is 14.6 Å². The fourth-order valence-electron chi connectivity index (χ4n) is 4.49. The average molecular weight is 388 g/mol. The van der Waals surface area contributed by atoms with Gasteiger partial charge in [-0.2, -0.15) is 0 Å². The van der Waals surface area contributed by atoms with Crippen molar-refractivity contribution in [2.75, 3.05) is 24.5 Å². The molecule has 1 aliphatic carbocycles. The lowest BCUT2D eigenvalue weighted by atomic mass is 9.80. The Balaban J connectivity index is 1.34. The minimum Gasteiger partial charge on any atom is -0.452 e. The Bertz CT molecular complexity index is 1000. The van der Waals surface area contributed by atoms with E-state index < -0.39 is 0 Å². The lowest BCUT2D eigenvalue weighted by Crippen LogP contribution is -2.40. The molecule has 27 heavy (non-hydrogen) atoms. The zero-order chi connectivity index (χ0) is 18.4. The van der Waals surface area contributed by atoms with Crippen LogP contribution in [0.25, 0.3) is 5.65 Å². The van der Waals surface area contributed by atoms with E-state index in [2.05, 4.69) is 30.8 Å². The van der Waals surface area contributed by atoms with Crippen LogP contribution in [0.5, 0.6) is 0 Å². The second-order valence-corrected chi connectivity index (χ2v) is 7.68. The van der Waals surface area contributed by atoms with Crippen molar-refractivity contribution in [1.82, 2.24) is 30.6 Å². The molecular formula is C17H18ClN7O2. The van der Waals surface area contributed by atoms with Gasteiger partial charge in [-0.25, -0.2) is 0 Å². The van der Waals surface area contributed by atoms with E-state index in [0.717, 1.165) is 31.7 Å². The number of fused-ring (bicyclic) bond motifs is 2. The van der Waals surface area contributed by atoms with Gasteiger partial charge in [-0.3, -0.25) is 4.79 Å². The Morgan fingerprint density at radius 3 is 3.19 bits per heavy atom. The van der Waals surface area contributed by atoms with Crippen molar-refractivity contribution in [3.05, 3.63) is 35.2 Å². The number of hydrogen-bond donors (Lipinski definition) is 1. The zero-order valence-corrected chi connectivity index (χ0v) is 15.3. The lowest BCUT2D eigenvalue weighted by Gasteiger charge is -2.29. The van der Waals surface area contributed by atoms with Gasteiger partial charge in [0.2, 0.25) is 5.22 Å². The summed E-state index contributed by atoms with van der Waals surface area (Å²) in [5, 5.41) is 19.1. The van der Waals surface area contributed by atoms with Crippen molar-refractivity contribution >= 4 is 29.0 Å². The molecule has 1 N–H and O–H groups in total. The number of carbonyl (C=O) groups is 1. The topological polar surface area (TPSA) is 101 Å². The number of anilines is 1. The smallest absolute Gasteiger partial charge is 0.256 e. The summed E-state index contributed by atoms with van der Waals surface area (Å²) < 4.78 is 6.46. The maximum absolute atomic E-state index is 12.4. The van der Waals surface area contributed by atoms with E-state index in [9.17, 15) is 4.79 Å². The number of amides is 1. The highest BCUT2D eigenvalue weighted by molar-refractivity contribution is 6.32. The second kappa shape index (κ2) is 6.19. The average Bonchev–Trinajstić information content (AvgIpc) is 3.41. The molecule has 1 amide bonds. The van der Waals surface area contributed by atoms with Gasteiger partial charge in [-0.05, 0) is 59.0 Å². The molecule has 3 aromatic rings. The van der Waals surface area contributed by atoms with Crippen molar-refractivity contribution in [3.63, 3.8) is 0 Å². The van der Waals surface area contributed by atoms with Gasteiger partial charge in [-0.1, -0.05) is 6.42 Å². The number of rotatable bonds is 4. The summed E-state index contributed by atoms with van der Waals surface area (Å²) in [5.41, 5.74) is 1.05. The summed E-state index contributed by atoms with van der Waals surface area (Å²) in [6.07, 6.45) is 4.85. The third-order valence-electron chi connectivity index (χ3n) is 5.88. The van der Waals surface area contributed by atoms with Crippen molar-refractivity contribution < 1.29 is 9.21 Å². The zero-order valence-electron chi connectivity index (χ0n) is 14.5. The lowest BCUT2D eigenvalue weighted by molar-refractivity contribution is 0.0927. The number of furan rings is 1. The highest BCUT2D eigenvalue weighted by Gasteiger charge is 2.49. The van der Waals surface area contributed by atoms with Crippen molar-refractivity contribution in [1.29, 1.82) is 0 Å². The predicted molar refractivity (Wildman–Crippen MR) is 96.6 cm³/mol. The monoisotopic (exact) mass is 387 g/mol. The molecule has 2 atom stereocenters. The van der Waals surface area contributed by atoms with E-state index in [1.165, 1.54) is 17.3 Å². The van der Waals surface area contributed by atoms with Crippen LogP contribution in [0.4, 0.5) is 5.82 Å². The Hall–Kier alpha value is -2.68. The van der Waals surface area contributed by atoms with Gasteiger partial charge in [0.05, 0.1) is 11.8 Å². The van der Waals surface area contributed by atoms with E-state index in [4.69, 9.17) is 16.0 Å². The van der Waals surface area contributed by atoms with E-state index in [1.54, 1.807) is 6.07 Å². The summed E-state index contributed by atoms with van der Waals surface area (Å²) >= 11 is 5.92. The van der Waals surface area contributed by atoms with Crippen molar-refractivity contribution in [2.45, 2.75) is 19.3 Å². The number of nitrogens with zero attached hydrogens (tertiary/aromatic N) is 6. The van der Waals surface area contributed by atoms with Crippen LogP contribution in [-0.2, 0) is 0 Å². The summed E-state index contributed by atoms with van der Waals surface area (Å²) in [6, 6.07) is 5.41. The van der Waals surface area contributed by atoms with E-state index in [0.29, 0.717) is 23.7 Å². The quantitative estimate of drug-likeness (QED) is 0.728. The van der Waals surface area contributed by atoms with Crippen LogP contribution in [0.3, 0.4) is 0 Å². The van der Waals surface area contributed by atoms with Crippen LogP contribution in [0, 0.1) is 11.3 Å². The van der Waals surface area contributed by atoms with Gasteiger partial charge in [0.15, 0.2) is 11.5 Å². The molecule has 0 bridgehead atoms. The molecule has 4 heterocycles. The minimum atomic E-state index is -0.194. The van der Waals surface area contributed by atoms with Crippen LogP contribution in [0.15, 0.2) is 28.9 Å². The van der Waals surface area contributed by atoms with E-state index >= 15 is 0 Å². The van der Waals surface area contributed by atoms with Crippen molar-refractivity contribution in [3.8, 4) is 0 Å². The Labute approximate surface area is 159 Å². The summed E-state index contributed by atoms with van der Waals surface area (Å²) in [7, 11) is 0. The highest BCUT2D eigenvalue weighted by atomic mass is 35.5. The molecule has 1 aliphatic heterocycles. The van der Waals surface area contributed by atoms with Gasteiger partial charge in [0.25, 0.3) is 5.91 Å². The standard InChI is InChI=1S/C17H18ClN7O2/c18-15-12(5-7-27-15)16(26)19-9-17-6-1-2-11(17)8-24(10-17)14-4-3-13-20-22-23-25(13)21-14/h3-5,7,11H,1-2,6,8-10H2,(H,19,26)/t11-,17-/m0/s1. The number of hydrogen-bond acceptors (Lipinski definition) is 7. The molecule has 140 valence electrons. The van der Waals surface area contributed by atoms with E-state index in [1.807, 2.05) is 12.1 Å². The molecule has 10 heteroatoms. The fraction of sp³-hybridized carbons (Fsp3) is 0.471. The predicted octanol–water partition coefficient (Wildman–Crippen LogP) is 1.80. The first-order valence-electron chi connectivity index (χ1n) is 8.96.